The fraction of sp³-hybridized carbons (Fsp3) is 0.121. The molecule has 3 heterocycles. The number of fused-ring (bicyclic) bond motifs is 1. The van der Waals surface area contributed by atoms with Gasteiger partial charge in [-0.15, -0.1) is 11.8 Å². The van der Waals surface area contributed by atoms with E-state index in [1.54, 1.807) is 59.7 Å². The fourth-order valence-corrected chi connectivity index (χ4v) is 6.83. The molecule has 0 fully saturated rings. The molecule has 0 bridgehead atoms. The van der Waals surface area contributed by atoms with Crippen molar-refractivity contribution < 1.29 is 13.9 Å². The number of rotatable bonds is 7. The molecule has 1 aliphatic heterocycles. The van der Waals surface area contributed by atoms with E-state index in [1.807, 2.05) is 60.9 Å². The van der Waals surface area contributed by atoms with Crippen LogP contribution < -0.4 is 14.9 Å². The zero-order valence-corrected chi connectivity index (χ0v) is 26.2. The maximum atomic E-state index is 14.1. The molecule has 6 nitrogen and oxygen atoms in total. The summed E-state index contributed by atoms with van der Waals surface area (Å²) >= 11 is 15.3. The average molecular weight is 648 g/mol. The van der Waals surface area contributed by atoms with Crippen molar-refractivity contribution in [2.75, 3.05) is 12.9 Å². The highest BCUT2D eigenvalue weighted by atomic mass is 35.5. The van der Waals surface area contributed by atoms with Gasteiger partial charge in [0.25, 0.3) is 5.56 Å². The van der Waals surface area contributed by atoms with E-state index in [4.69, 9.17) is 37.3 Å². The highest BCUT2D eigenvalue weighted by Crippen LogP contribution is 2.36. The summed E-state index contributed by atoms with van der Waals surface area (Å²) in [5.74, 6) is 0.498. The van der Waals surface area contributed by atoms with E-state index in [1.165, 1.54) is 11.3 Å². The Kier molecular flexibility index (Phi) is 8.45. The Hall–Kier alpha value is -3.82. The van der Waals surface area contributed by atoms with Gasteiger partial charge in [-0.1, -0.05) is 77.0 Å². The van der Waals surface area contributed by atoms with Crippen LogP contribution in [0.4, 0.5) is 0 Å². The molecule has 0 unspecified atom stereocenters. The van der Waals surface area contributed by atoms with Crippen LogP contribution in [0.25, 0.3) is 23.1 Å². The van der Waals surface area contributed by atoms with Crippen LogP contribution >= 0.6 is 46.3 Å². The summed E-state index contributed by atoms with van der Waals surface area (Å²) in [4.78, 5) is 34.1. The summed E-state index contributed by atoms with van der Waals surface area (Å²) in [6, 6.07) is 25.3. The number of aromatic nitrogens is 1. The van der Waals surface area contributed by atoms with E-state index in [0.29, 0.717) is 47.7 Å². The predicted octanol–water partition coefficient (Wildman–Crippen LogP) is 7.22. The van der Waals surface area contributed by atoms with Crippen molar-refractivity contribution >= 4 is 64.0 Å². The minimum Gasteiger partial charge on any atom is -0.463 e. The summed E-state index contributed by atoms with van der Waals surface area (Å²) in [6.07, 6.45) is 3.68. The smallest absolute Gasteiger partial charge is 0.338 e. The lowest BCUT2D eigenvalue weighted by atomic mass is 9.93. The predicted molar refractivity (Wildman–Crippen MR) is 173 cm³/mol. The van der Waals surface area contributed by atoms with E-state index >= 15 is 0 Å². The molecule has 3 aromatic carbocycles. The zero-order valence-electron chi connectivity index (χ0n) is 23.0. The lowest BCUT2D eigenvalue weighted by Crippen LogP contribution is -2.40. The molecule has 0 radical (unpaired) electrons. The summed E-state index contributed by atoms with van der Waals surface area (Å²) in [7, 11) is 0. The van der Waals surface area contributed by atoms with Crippen LogP contribution in [0, 0.1) is 0 Å². The molecule has 0 saturated carbocycles. The Bertz CT molecular complexity index is 2040. The molecular formula is C33H24Cl2N2O4S2. The van der Waals surface area contributed by atoms with Gasteiger partial charge in [0, 0.05) is 27.1 Å². The van der Waals surface area contributed by atoms with Crippen LogP contribution in [0.1, 0.15) is 29.9 Å². The Balaban J connectivity index is 1.55. The third-order valence-electron chi connectivity index (χ3n) is 6.90. The number of hydrogen-bond donors (Lipinski definition) is 0. The lowest BCUT2D eigenvalue weighted by molar-refractivity contribution is -0.138. The van der Waals surface area contributed by atoms with Gasteiger partial charge < -0.3 is 9.15 Å². The molecule has 6 rings (SSSR count). The second kappa shape index (κ2) is 12.4. The van der Waals surface area contributed by atoms with E-state index < -0.39 is 12.0 Å². The number of nitrogens with zero attached hydrogens (tertiary/aromatic N) is 2. The maximum absolute atomic E-state index is 14.1. The Labute approximate surface area is 265 Å². The lowest BCUT2D eigenvalue weighted by Gasteiger charge is -2.26. The molecule has 1 atom stereocenters. The van der Waals surface area contributed by atoms with Gasteiger partial charge >= 0.3 is 5.97 Å². The number of ether oxygens (including phenoxy) is 1. The van der Waals surface area contributed by atoms with Gasteiger partial charge in [-0.3, -0.25) is 9.36 Å². The first-order chi connectivity index (χ1) is 20.9. The van der Waals surface area contributed by atoms with Gasteiger partial charge in [0.05, 0.1) is 33.5 Å². The van der Waals surface area contributed by atoms with Gasteiger partial charge in [0.2, 0.25) is 0 Å². The van der Waals surface area contributed by atoms with E-state index in [0.717, 1.165) is 16.0 Å². The van der Waals surface area contributed by atoms with Crippen LogP contribution in [-0.2, 0) is 9.53 Å². The second-order valence-electron chi connectivity index (χ2n) is 9.53. The van der Waals surface area contributed by atoms with Gasteiger partial charge in [-0.05, 0) is 61.2 Å². The quantitative estimate of drug-likeness (QED) is 0.138. The first-order valence-electron chi connectivity index (χ1n) is 13.4. The average Bonchev–Trinajstić information content (AvgIpc) is 3.60. The van der Waals surface area contributed by atoms with Crippen LogP contribution in [-0.4, -0.2) is 23.4 Å². The molecule has 1 aliphatic rings. The van der Waals surface area contributed by atoms with Crippen molar-refractivity contribution in [3.8, 4) is 11.3 Å². The van der Waals surface area contributed by atoms with Crippen LogP contribution in [0.3, 0.4) is 0 Å². The van der Waals surface area contributed by atoms with Gasteiger partial charge in [0.1, 0.15) is 11.5 Å². The number of furan rings is 1. The molecule has 10 heteroatoms. The molecule has 2 aromatic heterocycles. The summed E-state index contributed by atoms with van der Waals surface area (Å²) in [6.45, 7) is 1.94. The third kappa shape index (κ3) is 5.76. The first-order valence-corrected chi connectivity index (χ1v) is 16.2. The van der Waals surface area contributed by atoms with E-state index in [-0.39, 0.29) is 12.2 Å². The third-order valence-corrected chi connectivity index (χ3v) is 9.18. The second-order valence-corrected chi connectivity index (χ2v) is 12.3. The highest BCUT2D eigenvalue weighted by Gasteiger charge is 2.35. The topological polar surface area (TPSA) is 73.8 Å². The Morgan fingerprint density at radius 3 is 2.53 bits per heavy atom. The molecule has 0 saturated heterocycles. The van der Waals surface area contributed by atoms with Crippen molar-refractivity contribution in [2.45, 2.75) is 17.9 Å². The van der Waals surface area contributed by atoms with E-state index in [2.05, 4.69) is 0 Å². The highest BCUT2D eigenvalue weighted by molar-refractivity contribution is 7.98. The molecule has 43 heavy (non-hydrogen) atoms. The van der Waals surface area contributed by atoms with Crippen molar-refractivity contribution in [1.82, 2.24) is 4.57 Å². The van der Waals surface area contributed by atoms with Crippen molar-refractivity contribution in [3.63, 3.8) is 0 Å². The minimum atomic E-state index is -0.747. The van der Waals surface area contributed by atoms with Crippen molar-refractivity contribution in [3.05, 3.63) is 137 Å². The summed E-state index contributed by atoms with van der Waals surface area (Å²) in [5, 5.41) is 0.983. The Morgan fingerprint density at radius 1 is 1.07 bits per heavy atom. The largest absolute Gasteiger partial charge is 0.463 e. The zero-order chi connectivity index (χ0) is 30.1. The molecule has 0 aliphatic carbocycles. The summed E-state index contributed by atoms with van der Waals surface area (Å²) < 4.78 is 13.6. The number of carbonyl (C=O) groups is 1. The summed E-state index contributed by atoms with van der Waals surface area (Å²) in [5.41, 5.74) is 2.70. The molecular weight excluding hydrogens is 623 g/mol. The number of esters is 1. The van der Waals surface area contributed by atoms with Crippen molar-refractivity contribution in [1.29, 1.82) is 0 Å². The number of carbonyl (C=O) groups excluding carboxylic acids is 1. The minimum absolute atomic E-state index is 0.186. The molecule has 0 spiro atoms. The molecule has 216 valence electrons. The van der Waals surface area contributed by atoms with E-state index in [9.17, 15) is 9.59 Å². The van der Waals surface area contributed by atoms with Gasteiger partial charge in [0.15, 0.2) is 4.80 Å². The van der Waals surface area contributed by atoms with Gasteiger partial charge in [-0.25, -0.2) is 9.79 Å². The monoisotopic (exact) mass is 646 g/mol. The normalized spacial score (nSPS) is 14.9. The first kappa shape index (κ1) is 29.3. The number of halogens is 2. The van der Waals surface area contributed by atoms with Gasteiger partial charge in [-0.2, -0.15) is 0 Å². The Morgan fingerprint density at radius 2 is 1.84 bits per heavy atom. The number of hydrogen-bond acceptors (Lipinski definition) is 7. The molecule has 0 amide bonds. The molecule has 5 aromatic rings. The van der Waals surface area contributed by atoms with Crippen LogP contribution in [0.2, 0.25) is 10.0 Å². The number of thioether (sulfide) groups is 1. The number of benzene rings is 3. The SMILES string of the molecule is CCOC(=O)C1=C(c2ccccc2)N=c2s/c(=C\c3ccc(-c4ccc(Cl)cc4Cl)o3)c(=O)n2[C@H]1c1ccc(SC)cc1. The van der Waals surface area contributed by atoms with Crippen LogP contribution in [0.5, 0.6) is 0 Å². The molecule has 0 N–H and O–H groups in total. The van der Waals surface area contributed by atoms with Crippen LogP contribution in [0.15, 0.2) is 110 Å². The standard InChI is InChI=1S/C33H24Cl2N2O4S2/c1-3-40-32(39)28-29(19-7-5-4-6-8-19)36-33-37(30(28)20-9-13-23(42-2)14-10-20)31(38)27(43-33)18-22-12-16-26(41-22)24-15-11-21(34)17-25(24)35/h4-18,30H,3H2,1-2H3/b27-18-/t30-/m0/s1. The fourth-order valence-electron chi connectivity index (χ4n) is 4.94. The van der Waals surface area contributed by atoms with Crippen molar-refractivity contribution in [2.24, 2.45) is 4.99 Å². The maximum Gasteiger partial charge on any atom is 0.338 e. The number of thiazole rings is 1.